The minimum Gasteiger partial charge on any atom is -0.483 e. The average Bonchev–Trinajstić information content (AvgIpc) is 2.15. The second kappa shape index (κ2) is 4.42. The normalized spacial score (nSPS) is 9.93. The summed E-state index contributed by atoms with van der Waals surface area (Å²) in [5.41, 5.74) is 9.70. The van der Waals surface area contributed by atoms with Crippen molar-refractivity contribution in [3.05, 3.63) is 28.8 Å². The molecule has 0 fully saturated rings. The van der Waals surface area contributed by atoms with Crippen LogP contribution in [-0.4, -0.2) is 11.7 Å². The summed E-state index contributed by atoms with van der Waals surface area (Å²) in [6.45, 7) is 6.45. The number of hydrogen-bond donors (Lipinski definition) is 1. The summed E-state index contributed by atoms with van der Waals surface area (Å²) < 4.78 is 5.28. The Bertz CT molecular complexity index is 361. The fourth-order valence-electron chi connectivity index (χ4n) is 1.29. The molecule has 0 bridgehead atoms. The smallest absolute Gasteiger partial charge is 0.191 e. The predicted octanol–water partition coefficient (Wildman–Crippen LogP) is 2.60. The van der Waals surface area contributed by atoms with Gasteiger partial charge < -0.3 is 10.5 Å². The fourth-order valence-corrected chi connectivity index (χ4v) is 1.63. The van der Waals surface area contributed by atoms with Crippen molar-refractivity contribution in [2.24, 2.45) is 0 Å². The van der Waals surface area contributed by atoms with E-state index in [0.29, 0.717) is 11.7 Å². The van der Waals surface area contributed by atoms with Crippen LogP contribution in [0.1, 0.15) is 23.6 Å². The van der Waals surface area contributed by atoms with Gasteiger partial charge in [-0.25, -0.2) is 0 Å². The van der Waals surface area contributed by atoms with Gasteiger partial charge in [-0.05, 0) is 50.2 Å². The van der Waals surface area contributed by atoms with Crippen LogP contribution in [0.3, 0.4) is 0 Å². The molecule has 76 valence electrons. The van der Waals surface area contributed by atoms with Crippen molar-refractivity contribution in [3.8, 4) is 0 Å². The summed E-state index contributed by atoms with van der Waals surface area (Å²) in [5, 5.41) is 0.525. The third kappa shape index (κ3) is 2.04. The molecule has 0 aromatic heterocycles. The molecule has 2 N–H and O–H groups in total. The second-order valence-corrected chi connectivity index (χ2v) is 3.56. The van der Waals surface area contributed by atoms with Gasteiger partial charge in [0.2, 0.25) is 0 Å². The Kier molecular flexibility index (Phi) is 3.47. The van der Waals surface area contributed by atoms with Crippen molar-refractivity contribution in [1.82, 2.24) is 0 Å². The highest BCUT2D eigenvalue weighted by molar-refractivity contribution is 7.80. The quantitative estimate of drug-likeness (QED) is 0.600. The minimum absolute atomic E-state index is 0.525. The number of ether oxygens (including phenoxy) is 1. The van der Waals surface area contributed by atoms with Gasteiger partial charge in [0.25, 0.3) is 0 Å². The first-order valence-corrected chi connectivity index (χ1v) is 5.01. The predicted molar refractivity (Wildman–Crippen MR) is 63.7 cm³/mol. The molecule has 2 nitrogen and oxygen atoms in total. The molecule has 1 rings (SSSR count). The summed E-state index contributed by atoms with van der Waals surface area (Å²) in [7, 11) is 0. The number of rotatable bonds is 2. The third-order valence-electron chi connectivity index (χ3n) is 2.23. The first-order chi connectivity index (χ1) is 6.57. The lowest BCUT2D eigenvalue weighted by molar-refractivity contribution is 0.337. The van der Waals surface area contributed by atoms with Gasteiger partial charge in [0.15, 0.2) is 5.05 Å². The van der Waals surface area contributed by atoms with Crippen LogP contribution in [0, 0.1) is 13.8 Å². The highest BCUT2D eigenvalue weighted by Gasteiger charge is 2.09. The molecule has 0 aliphatic carbocycles. The average molecular weight is 209 g/mol. The molecular weight excluding hydrogens is 194 g/mol. The van der Waals surface area contributed by atoms with Gasteiger partial charge in [0, 0.05) is 11.3 Å². The van der Waals surface area contributed by atoms with Gasteiger partial charge in [0.05, 0.1) is 6.61 Å². The maximum Gasteiger partial charge on any atom is 0.191 e. The van der Waals surface area contributed by atoms with Gasteiger partial charge in [-0.3, -0.25) is 0 Å². The van der Waals surface area contributed by atoms with Crippen molar-refractivity contribution in [3.63, 3.8) is 0 Å². The SMILES string of the molecule is CCOC(=S)c1ccc(C)c(N)c1C. The lowest BCUT2D eigenvalue weighted by Crippen LogP contribution is -2.07. The van der Waals surface area contributed by atoms with E-state index < -0.39 is 0 Å². The zero-order chi connectivity index (χ0) is 10.7. The summed E-state index contributed by atoms with van der Waals surface area (Å²) in [6, 6.07) is 3.92. The topological polar surface area (TPSA) is 35.2 Å². The molecule has 0 saturated heterocycles. The van der Waals surface area contributed by atoms with E-state index in [1.54, 1.807) is 0 Å². The number of aryl methyl sites for hydroxylation is 1. The Labute approximate surface area is 90.1 Å². The summed E-state index contributed by atoms with van der Waals surface area (Å²) in [4.78, 5) is 0. The molecule has 0 spiro atoms. The van der Waals surface area contributed by atoms with E-state index in [1.807, 2.05) is 32.9 Å². The highest BCUT2D eigenvalue weighted by Crippen LogP contribution is 2.21. The van der Waals surface area contributed by atoms with Crippen molar-refractivity contribution < 1.29 is 4.74 Å². The third-order valence-corrected chi connectivity index (χ3v) is 2.57. The van der Waals surface area contributed by atoms with E-state index in [-0.39, 0.29) is 0 Å². The molecule has 0 amide bonds. The van der Waals surface area contributed by atoms with Crippen LogP contribution >= 0.6 is 12.2 Å². The van der Waals surface area contributed by atoms with Gasteiger partial charge in [-0.1, -0.05) is 6.07 Å². The number of hydrogen-bond acceptors (Lipinski definition) is 3. The van der Waals surface area contributed by atoms with E-state index in [4.69, 9.17) is 22.7 Å². The van der Waals surface area contributed by atoms with Crippen LogP contribution in [-0.2, 0) is 4.74 Å². The molecule has 0 heterocycles. The van der Waals surface area contributed by atoms with E-state index >= 15 is 0 Å². The van der Waals surface area contributed by atoms with Crippen LogP contribution in [0.4, 0.5) is 5.69 Å². The minimum atomic E-state index is 0.525. The van der Waals surface area contributed by atoms with Crippen molar-refractivity contribution in [2.75, 3.05) is 12.3 Å². The number of anilines is 1. The highest BCUT2D eigenvalue weighted by atomic mass is 32.1. The molecule has 0 aliphatic rings. The van der Waals surface area contributed by atoms with Crippen LogP contribution in [0.5, 0.6) is 0 Å². The van der Waals surface area contributed by atoms with Gasteiger partial charge in [-0.2, -0.15) is 0 Å². The van der Waals surface area contributed by atoms with Crippen LogP contribution in [0.2, 0.25) is 0 Å². The fraction of sp³-hybridized carbons (Fsp3) is 0.364. The maximum absolute atomic E-state index is 5.90. The van der Waals surface area contributed by atoms with E-state index in [2.05, 4.69) is 0 Å². The van der Waals surface area contributed by atoms with E-state index in [1.165, 1.54) is 0 Å². The summed E-state index contributed by atoms with van der Waals surface area (Å²) >= 11 is 5.13. The largest absolute Gasteiger partial charge is 0.483 e. The van der Waals surface area contributed by atoms with E-state index in [0.717, 1.165) is 22.4 Å². The van der Waals surface area contributed by atoms with E-state index in [9.17, 15) is 0 Å². The zero-order valence-electron chi connectivity index (χ0n) is 8.76. The Morgan fingerprint density at radius 3 is 2.64 bits per heavy atom. The second-order valence-electron chi connectivity index (χ2n) is 3.19. The van der Waals surface area contributed by atoms with Crippen LogP contribution < -0.4 is 5.73 Å². The van der Waals surface area contributed by atoms with Crippen LogP contribution in [0.25, 0.3) is 0 Å². The molecule has 14 heavy (non-hydrogen) atoms. The maximum atomic E-state index is 5.90. The molecule has 0 saturated carbocycles. The molecule has 0 unspecified atom stereocenters. The number of benzene rings is 1. The lowest BCUT2D eigenvalue weighted by Gasteiger charge is -2.11. The van der Waals surface area contributed by atoms with Crippen molar-refractivity contribution in [1.29, 1.82) is 0 Å². The standard InChI is InChI=1S/C11H15NOS/c1-4-13-11(14)9-6-5-7(2)10(12)8(9)3/h5-6H,4,12H2,1-3H3. The Morgan fingerprint density at radius 2 is 2.07 bits per heavy atom. The molecular formula is C11H15NOS. The Morgan fingerprint density at radius 1 is 1.43 bits per heavy atom. The molecule has 0 atom stereocenters. The molecule has 0 radical (unpaired) electrons. The lowest BCUT2D eigenvalue weighted by atomic mass is 10.0. The van der Waals surface area contributed by atoms with Gasteiger partial charge in [0.1, 0.15) is 0 Å². The van der Waals surface area contributed by atoms with Crippen molar-refractivity contribution in [2.45, 2.75) is 20.8 Å². The first-order valence-electron chi connectivity index (χ1n) is 4.60. The first kappa shape index (κ1) is 11.0. The van der Waals surface area contributed by atoms with Gasteiger partial charge >= 0.3 is 0 Å². The van der Waals surface area contributed by atoms with Crippen LogP contribution in [0.15, 0.2) is 12.1 Å². The Hall–Kier alpha value is -1.09. The summed E-state index contributed by atoms with van der Waals surface area (Å²) in [5.74, 6) is 0. The number of thiocarbonyl (C=S) groups is 1. The molecule has 3 heteroatoms. The Balaban J connectivity index is 3.11. The zero-order valence-corrected chi connectivity index (χ0v) is 9.57. The van der Waals surface area contributed by atoms with Gasteiger partial charge in [-0.15, -0.1) is 0 Å². The number of nitrogen functional groups attached to an aromatic ring is 1. The molecule has 1 aromatic rings. The molecule has 0 aliphatic heterocycles. The summed E-state index contributed by atoms with van der Waals surface area (Å²) in [6.07, 6.45) is 0. The van der Waals surface area contributed by atoms with Crippen molar-refractivity contribution >= 4 is 23.0 Å². The number of nitrogens with two attached hydrogens (primary N) is 1. The monoisotopic (exact) mass is 209 g/mol. The molecule has 1 aromatic carbocycles.